The van der Waals surface area contributed by atoms with Crippen LogP contribution in [0.25, 0.3) is 0 Å². The summed E-state index contributed by atoms with van der Waals surface area (Å²) in [5.74, 6) is 0.771. The quantitative estimate of drug-likeness (QED) is 0.469. The molecule has 0 radical (unpaired) electrons. The van der Waals surface area contributed by atoms with Crippen molar-refractivity contribution < 1.29 is 9.59 Å². The summed E-state index contributed by atoms with van der Waals surface area (Å²) in [5, 5.41) is 6.51. The van der Waals surface area contributed by atoms with Crippen molar-refractivity contribution in [3.8, 4) is 0 Å². The van der Waals surface area contributed by atoms with Crippen LogP contribution in [0.4, 0.5) is 11.6 Å². The smallest absolute Gasteiger partial charge is 0.251 e. The van der Waals surface area contributed by atoms with Crippen LogP contribution >= 0.6 is 11.8 Å². The van der Waals surface area contributed by atoms with Gasteiger partial charge in [0.05, 0.1) is 6.42 Å². The average Bonchev–Trinajstić information content (AvgIpc) is 2.65. The minimum absolute atomic E-state index is 0.156. The molecule has 0 aromatic carbocycles. The number of imide groups is 1. The van der Waals surface area contributed by atoms with E-state index in [1.54, 1.807) is 13.1 Å². The number of likely N-dealkylation sites (N-methyl/N-ethyl adjacent to an activating group) is 1. The van der Waals surface area contributed by atoms with E-state index >= 15 is 0 Å². The molecular formula is C11H15N5O2S. The van der Waals surface area contributed by atoms with Crippen LogP contribution in [0.5, 0.6) is 0 Å². The molecule has 2 heterocycles. The van der Waals surface area contributed by atoms with Crippen molar-refractivity contribution in [3.05, 3.63) is 6.07 Å². The lowest BCUT2D eigenvalue weighted by molar-refractivity contribution is -0.136. The van der Waals surface area contributed by atoms with Gasteiger partial charge in [-0.3, -0.25) is 14.5 Å². The van der Waals surface area contributed by atoms with E-state index in [-0.39, 0.29) is 18.2 Å². The van der Waals surface area contributed by atoms with Crippen molar-refractivity contribution >= 4 is 35.2 Å². The zero-order valence-corrected chi connectivity index (χ0v) is 11.7. The number of hydrogen-bond acceptors (Lipinski definition) is 7. The van der Waals surface area contributed by atoms with Crippen molar-refractivity contribution in [3.63, 3.8) is 0 Å². The number of anilines is 2. The van der Waals surface area contributed by atoms with Gasteiger partial charge < -0.3 is 10.6 Å². The number of likely N-dealkylation sites (tertiary alicyclic amines) is 1. The maximum Gasteiger partial charge on any atom is 0.251 e. The summed E-state index contributed by atoms with van der Waals surface area (Å²) in [5.41, 5.74) is 0. The van der Waals surface area contributed by atoms with E-state index in [0.29, 0.717) is 16.8 Å². The molecule has 2 amide bonds. The molecule has 0 saturated carbocycles. The fraction of sp³-hybridized carbons (Fsp3) is 0.455. The van der Waals surface area contributed by atoms with Gasteiger partial charge in [0.15, 0.2) is 5.16 Å². The number of hydrogen-bond donors (Lipinski definition) is 2. The second-order valence-corrected chi connectivity index (χ2v) is 4.84. The van der Waals surface area contributed by atoms with Gasteiger partial charge in [-0.15, -0.1) is 0 Å². The van der Waals surface area contributed by atoms with Gasteiger partial charge in [-0.05, 0) is 6.26 Å². The van der Waals surface area contributed by atoms with Crippen LogP contribution in [0.1, 0.15) is 6.42 Å². The molecule has 1 aromatic rings. The summed E-state index contributed by atoms with van der Waals surface area (Å²) < 4.78 is 0. The average molecular weight is 281 g/mol. The van der Waals surface area contributed by atoms with E-state index in [1.165, 1.54) is 18.8 Å². The van der Waals surface area contributed by atoms with Gasteiger partial charge in [0.1, 0.15) is 17.7 Å². The lowest BCUT2D eigenvalue weighted by Gasteiger charge is -2.13. The molecule has 1 saturated heterocycles. The second-order valence-electron chi connectivity index (χ2n) is 4.07. The molecule has 2 N–H and O–H groups in total. The Morgan fingerprint density at radius 2 is 2.05 bits per heavy atom. The van der Waals surface area contributed by atoms with Crippen LogP contribution < -0.4 is 10.6 Å². The second kappa shape index (κ2) is 5.43. The first kappa shape index (κ1) is 13.6. The summed E-state index contributed by atoms with van der Waals surface area (Å²) in [6, 6.07) is 1.15. The Morgan fingerprint density at radius 3 is 2.58 bits per heavy atom. The predicted molar refractivity (Wildman–Crippen MR) is 73.2 cm³/mol. The Hall–Kier alpha value is -1.83. The van der Waals surface area contributed by atoms with Crippen molar-refractivity contribution in [2.24, 2.45) is 0 Å². The van der Waals surface area contributed by atoms with Crippen molar-refractivity contribution in [1.82, 2.24) is 14.9 Å². The Balaban J connectivity index is 2.19. The highest BCUT2D eigenvalue weighted by Gasteiger charge is 2.36. The number of carbonyl (C=O) groups excluding carboxylic acids is 2. The molecule has 19 heavy (non-hydrogen) atoms. The third-order valence-corrected chi connectivity index (χ3v) is 3.40. The summed E-state index contributed by atoms with van der Waals surface area (Å²) in [6.07, 6.45) is 2.03. The SMILES string of the molecule is CNc1cc(NC2CC(=O)N(C)C2=O)nc(SC)n1. The highest BCUT2D eigenvalue weighted by Crippen LogP contribution is 2.20. The van der Waals surface area contributed by atoms with Gasteiger partial charge in [-0.1, -0.05) is 11.8 Å². The molecule has 7 nitrogen and oxygen atoms in total. The predicted octanol–water partition coefficient (Wildman–Crippen LogP) is 0.409. The Labute approximate surface area is 115 Å². The Bertz CT molecular complexity index is 500. The minimum atomic E-state index is -0.549. The van der Waals surface area contributed by atoms with E-state index in [9.17, 15) is 9.59 Å². The summed E-state index contributed by atoms with van der Waals surface area (Å²) in [7, 11) is 3.24. The number of aromatic nitrogens is 2. The summed E-state index contributed by atoms with van der Waals surface area (Å²) >= 11 is 1.41. The molecule has 8 heteroatoms. The van der Waals surface area contributed by atoms with E-state index in [4.69, 9.17) is 0 Å². The first-order valence-corrected chi connectivity index (χ1v) is 6.95. The summed E-state index contributed by atoms with van der Waals surface area (Å²) in [4.78, 5) is 32.9. The highest BCUT2D eigenvalue weighted by atomic mass is 32.2. The van der Waals surface area contributed by atoms with Gasteiger partial charge in [0, 0.05) is 20.2 Å². The molecule has 0 bridgehead atoms. The number of thioether (sulfide) groups is 1. The van der Waals surface area contributed by atoms with E-state index in [0.717, 1.165) is 4.90 Å². The molecule has 0 aliphatic carbocycles. The lowest BCUT2D eigenvalue weighted by Crippen LogP contribution is -2.32. The Morgan fingerprint density at radius 1 is 1.37 bits per heavy atom. The van der Waals surface area contributed by atoms with Crippen LogP contribution in [0.3, 0.4) is 0 Å². The molecule has 1 aliphatic heterocycles. The van der Waals surface area contributed by atoms with Crippen molar-refractivity contribution in [2.75, 3.05) is 31.0 Å². The zero-order chi connectivity index (χ0) is 14.0. The molecular weight excluding hydrogens is 266 g/mol. The van der Waals surface area contributed by atoms with E-state index < -0.39 is 6.04 Å². The largest absolute Gasteiger partial charge is 0.373 e. The zero-order valence-electron chi connectivity index (χ0n) is 10.9. The summed E-state index contributed by atoms with van der Waals surface area (Å²) in [6.45, 7) is 0. The fourth-order valence-corrected chi connectivity index (χ4v) is 2.14. The number of carbonyl (C=O) groups is 2. The van der Waals surface area contributed by atoms with Crippen molar-refractivity contribution in [2.45, 2.75) is 17.6 Å². The molecule has 1 aliphatic rings. The van der Waals surface area contributed by atoms with Crippen LogP contribution in [-0.4, -0.2) is 53.1 Å². The van der Waals surface area contributed by atoms with Gasteiger partial charge in [-0.2, -0.15) is 0 Å². The van der Waals surface area contributed by atoms with Crippen molar-refractivity contribution in [1.29, 1.82) is 0 Å². The van der Waals surface area contributed by atoms with Crippen LogP contribution in [0, 0.1) is 0 Å². The van der Waals surface area contributed by atoms with E-state index in [2.05, 4.69) is 20.6 Å². The maximum atomic E-state index is 11.8. The lowest BCUT2D eigenvalue weighted by atomic mass is 10.2. The normalized spacial score (nSPS) is 18.9. The van der Waals surface area contributed by atoms with Crippen LogP contribution in [0.15, 0.2) is 11.2 Å². The molecule has 1 atom stereocenters. The van der Waals surface area contributed by atoms with Gasteiger partial charge in [0.25, 0.3) is 5.91 Å². The first-order valence-electron chi connectivity index (χ1n) is 5.73. The first-order chi connectivity index (χ1) is 9.05. The van der Waals surface area contributed by atoms with Gasteiger partial charge in [0.2, 0.25) is 5.91 Å². The molecule has 1 aromatic heterocycles. The molecule has 0 spiro atoms. The highest BCUT2D eigenvalue weighted by molar-refractivity contribution is 7.98. The topological polar surface area (TPSA) is 87.2 Å². The molecule has 1 unspecified atom stereocenters. The molecule has 2 rings (SSSR count). The third-order valence-electron chi connectivity index (χ3n) is 2.85. The maximum absolute atomic E-state index is 11.8. The minimum Gasteiger partial charge on any atom is -0.373 e. The van der Waals surface area contributed by atoms with Crippen LogP contribution in [0.2, 0.25) is 0 Å². The number of nitrogens with zero attached hydrogens (tertiary/aromatic N) is 3. The molecule has 1 fully saturated rings. The Kier molecular flexibility index (Phi) is 3.89. The van der Waals surface area contributed by atoms with Gasteiger partial charge >= 0.3 is 0 Å². The van der Waals surface area contributed by atoms with Gasteiger partial charge in [-0.25, -0.2) is 9.97 Å². The van der Waals surface area contributed by atoms with Crippen LogP contribution in [-0.2, 0) is 9.59 Å². The third kappa shape index (κ3) is 2.78. The molecule has 102 valence electrons. The monoisotopic (exact) mass is 281 g/mol. The fourth-order valence-electron chi connectivity index (χ4n) is 1.77. The van der Waals surface area contributed by atoms with E-state index in [1.807, 2.05) is 6.26 Å². The number of amides is 2. The number of nitrogens with one attached hydrogen (secondary N) is 2. The number of rotatable bonds is 4. The standard InChI is InChI=1S/C11H15N5O2S/c1-12-7-5-8(15-11(14-7)19-3)13-6-4-9(17)16(2)10(6)18/h5-6H,4H2,1-3H3,(H2,12,13,14,15).